The monoisotopic (exact) mass is 317 g/mol. The van der Waals surface area contributed by atoms with Gasteiger partial charge in [0.2, 0.25) is 0 Å². The maximum atomic E-state index is 10.3. The minimum atomic E-state index is -0.535. The number of hydrogen-bond donors (Lipinski definition) is 1. The van der Waals surface area contributed by atoms with Crippen molar-refractivity contribution < 1.29 is 19.8 Å². The Kier molecular flexibility index (Phi) is 6.53. The van der Waals surface area contributed by atoms with Crippen LogP contribution in [-0.4, -0.2) is 27.6 Å². The molecule has 0 saturated carbocycles. The number of benzene rings is 2. The molecular formula is C14H11N3O6. The molecule has 0 fully saturated rings. The molecule has 1 N–H and O–H groups in total. The highest BCUT2D eigenvalue weighted by atomic mass is 16.6. The van der Waals surface area contributed by atoms with Gasteiger partial charge in [-0.05, 0) is 0 Å². The van der Waals surface area contributed by atoms with E-state index >= 15 is 0 Å². The fourth-order valence-electron chi connectivity index (χ4n) is 1.50. The zero-order valence-electron chi connectivity index (χ0n) is 11.6. The summed E-state index contributed by atoms with van der Waals surface area (Å²) in [5.74, 6) is 0. The van der Waals surface area contributed by atoms with Crippen LogP contribution < -0.4 is 0 Å². The number of oxime groups is 1. The first-order valence-electron chi connectivity index (χ1n) is 6.09. The van der Waals surface area contributed by atoms with Crippen molar-refractivity contribution in [2.75, 3.05) is 0 Å². The molecule has 0 spiro atoms. The highest BCUT2D eigenvalue weighted by Crippen LogP contribution is 2.11. The fraction of sp³-hybridized carbons (Fsp3) is 0. The summed E-state index contributed by atoms with van der Waals surface area (Å²) in [6.45, 7) is 0. The smallest absolute Gasteiger partial charge is 0.270 e. The molecule has 118 valence electrons. The summed E-state index contributed by atoms with van der Waals surface area (Å²) < 4.78 is 0. The molecule has 0 bridgehead atoms. The molecule has 0 aromatic heterocycles. The molecule has 0 unspecified atom stereocenters. The third-order valence-corrected chi connectivity index (χ3v) is 2.50. The summed E-state index contributed by atoms with van der Waals surface area (Å²) in [7, 11) is 0. The normalized spacial score (nSPS) is 9.74. The number of aldehydes is 1. The van der Waals surface area contributed by atoms with Gasteiger partial charge in [-0.3, -0.25) is 25.0 Å². The number of nitro benzene ring substituents is 2. The summed E-state index contributed by atoms with van der Waals surface area (Å²) in [6, 6.07) is 11.4. The van der Waals surface area contributed by atoms with Crippen molar-refractivity contribution in [1.82, 2.24) is 0 Å². The van der Waals surface area contributed by atoms with Gasteiger partial charge in [-0.15, -0.1) is 0 Å². The van der Waals surface area contributed by atoms with Crippen molar-refractivity contribution in [3.05, 3.63) is 79.9 Å². The van der Waals surface area contributed by atoms with Crippen molar-refractivity contribution in [3.8, 4) is 0 Å². The summed E-state index contributed by atoms with van der Waals surface area (Å²) >= 11 is 0. The predicted octanol–water partition coefficient (Wildman–Crippen LogP) is 2.81. The van der Waals surface area contributed by atoms with Gasteiger partial charge in [0.05, 0.1) is 16.1 Å². The fourth-order valence-corrected chi connectivity index (χ4v) is 1.50. The van der Waals surface area contributed by atoms with E-state index in [1.54, 1.807) is 6.07 Å². The Bertz CT molecular complexity index is 745. The second-order valence-corrected chi connectivity index (χ2v) is 4.07. The van der Waals surface area contributed by atoms with Crippen molar-refractivity contribution in [2.24, 2.45) is 5.16 Å². The van der Waals surface area contributed by atoms with Crippen LogP contribution in [0.15, 0.2) is 53.7 Å². The summed E-state index contributed by atoms with van der Waals surface area (Å²) in [5, 5.41) is 31.3. The Balaban J connectivity index is 0.000000231. The van der Waals surface area contributed by atoms with E-state index < -0.39 is 9.85 Å². The molecule has 0 radical (unpaired) electrons. The van der Waals surface area contributed by atoms with Gasteiger partial charge in [-0.25, -0.2) is 0 Å². The van der Waals surface area contributed by atoms with E-state index in [-0.39, 0.29) is 11.4 Å². The molecule has 0 atom stereocenters. The number of carbonyl (C=O) groups is 1. The van der Waals surface area contributed by atoms with Crippen LogP contribution in [0.5, 0.6) is 0 Å². The minimum Gasteiger partial charge on any atom is -0.411 e. The first kappa shape index (κ1) is 17.4. The van der Waals surface area contributed by atoms with Crippen LogP contribution in [0.4, 0.5) is 11.4 Å². The third-order valence-electron chi connectivity index (χ3n) is 2.50. The van der Waals surface area contributed by atoms with E-state index in [4.69, 9.17) is 5.21 Å². The number of carbonyl (C=O) groups excluding carboxylic acids is 1. The van der Waals surface area contributed by atoms with Crippen molar-refractivity contribution in [3.63, 3.8) is 0 Å². The van der Waals surface area contributed by atoms with Gasteiger partial charge in [0, 0.05) is 35.4 Å². The van der Waals surface area contributed by atoms with Crippen molar-refractivity contribution in [2.45, 2.75) is 0 Å². The van der Waals surface area contributed by atoms with Crippen molar-refractivity contribution >= 4 is 23.9 Å². The number of hydrogen-bond acceptors (Lipinski definition) is 7. The van der Waals surface area contributed by atoms with E-state index in [0.29, 0.717) is 17.4 Å². The highest BCUT2D eigenvalue weighted by molar-refractivity contribution is 5.80. The van der Waals surface area contributed by atoms with Crippen LogP contribution >= 0.6 is 0 Å². The van der Waals surface area contributed by atoms with E-state index in [9.17, 15) is 25.0 Å². The van der Waals surface area contributed by atoms with Gasteiger partial charge in [-0.2, -0.15) is 0 Å². The average molecular weight is 317 g/mol. The van der Waals surface area contributed by atoms with E-state index in [1.165, 1.54) is 42.5 Å². The van der Waals surface area contributed by atoms with Crippen molar-refractivity contribution in [1.29, 1.82) is 0 Å². The van der Waals surface area contributed by atoms with Gasteiger partial charge in [0.15, 0.2) is 0 Å². The molecule has 0 aliphatic carbocycles. The standard InChI is InChI=1S/C7H6N2O3.C7H5NO3/c10-8-5-6-2-1-3-7(4-6)9(11)12;9-5-6-2-1-3-7(4-6)8(10)11/h1-5,10H;1-5H/b8-5-;. The number of nitrogens with zero attached hydrogens (tertiary/aromatic N) is 3. The van der Waals surface area contributed by atoms with Gasteiger partial charge >= 0.3 is 0 Å². The summed E-state index contributed by atoms with van der Waals surface area (Å²) in [6.07, 6.45) is 1.71. The van der Waals surface area contributed by atoms with Crippen LogP contribution in [0.2, 0.25) is 0 Å². The molecule has 9 heteroatoms. The van der Waals surface area contributed by atoms with E-state index in [2.05, 4.69) is 5.16 Å². The first-order chi connectivity index (χ1) is 11.0. The largest absolute Gasteiger partial charge is 0.411 e. The Morgan fingerprint density at radius 1 is 0.913 bits per heavy atom. The molecular weight excluding hydrogens is 306 g/mol. The SMILES string of the molecule is O=Cc1cccc([N+](=O)[O-])c1.O=[N+]([O-])c1cccc(/C=N\O)c1. The second-order valence-electron chi connectivity index (χ2n) is 4.07. The lowest BCUT2D eigenvalue weighted by atomic mass is 10.2. The van der Waals surface area contributed by atoms with Gasteiger partial charge in [0.1, 0.15) is 6.29 Å². The number of non-ortho nitro benzene ring substituents is 2. The molecule has 2 aromatic rings. The van der Waals surface area contributed by atoms with Gasteiger partial charge < -0.3 is 5.21 Å². The summed E-state index contributed by atoms with van der Waals surface area (Å²) in [5.41, 5.74) is 0.730. The molecule has 23 heavy (non-hydrogen) atoms. The molecule has 0 amide bonds. The molecule has 0 saturated heterocycles. The maximum absolute atomic E-state index is 10.3. The maximum Gasteiger partial charge on any atom is 0.270 e. The topological polar surface area (TPSA) is 136 Å². The van der Waals surface area contributed by atoms with E-state index in [1.807, 2.05) is 0 Å². The Morgan fingerprint density at radius 2 is 1.39 bits per heavy atom. The lowest BCUT2D eigenvalue weighted by Gasteiger charge is -1.91. The third kappa shape index (κ3) is 5.71. The lowest BCUT2D eigenvalue weighted by molar-refractivity contribution is -0.385. The van der Waals surface area contributed by atoms with E-state index in [0.717, 1.165) is 6.21 Å². The number of nitro groups is 2. The minimum absolute atomic E-state index is 0.0209. The van der Waals surface area contributed by atoms with Crippen LogP contribution in [0, 0.1) is 20.2 Å². The first-order valence-corrected chi connectivity index (χ1v) is 6.09. The van der Waals surface area contributed by atoms with Gasteiger partial charge in [-0.1, -0.05) is 29.4 Å². The van der Waals surface area contributed by atoms with Crippen LogP contribution in [0.25, 0.3) is 0 Å². The Labute approximate surface area is 129 Å². The van der Waals surface area contributed by atoms with Crippen LogP contribution in [0.3, 0.4) is 0 Å². The molecule has 2 rings (SSSR count). The molecule has 9 nitrogen and oxygen atoms in total. The molecule has 2 aromatic carbocycles. The Hall–Kier alpha value is -3.62. The van der Waals surface area contributed by atoms with Gasteiger partial charge in [0.25, 0.3) is 11.4 Å². The lowest BCUT2D eigenvalue weighted by Crippen LogP contribution is -1.89. The predicted molar refractivity (Wildman–Crippen MR) is 81.0 cm³/mol. The highest BCUT2D eigenvalue weighted by Gasteiger charge is 2.04. The Morgan fingerprint density at radius 3 is 1.83 bits per heavy atom. The molecule has 0 aliphatic rings. The quantitative estimate of drug-likeness (QED) is 0.303. The number of rotatable bonds is 4. The molecule has 0 heterocycles. The zero-order chi connectivity index (χ0) is 17.2. The summed E-state index contributed by atoms with van der Waals surface area (Å²) in [4.78, 5) is 29.5. The average Bonchev–Trinajstić information content (AvgIpc) is 2.56. The van der Waals surface area contributed by atoms with Crippen LogP contribution in [0.1, 0.15) is 15.9 Å². The van der Waals surface area contributed by atoms with Crippen LogP contribution in [-0.2, 0) is 0 Å². The zero-order valence-corrected chi connectivity index (χ0v) is 11.6. The second kappa shape index (κ2) is 8.62. The molecule has 0 aliphatic heterocycles.